The zero-order valence-electron chi connectivity index (χ0n) is 14.3. The van der Waals surface area contributed by atoms with Crippen LogP contribution in [0.1, 0.15) is 13.8 Å². The van der Waals surface area contributed by atoms with Crippen LogP contribution in [0.15, 0.2) is 53.7 Å². The standard InChI is InChI=1S/C11H15ClN2O.C7H6ClNO/c1-8(13-15)9(2)14(3)11-6-4-10(12)5-7-11;8-6-1-3-7(4-2-6)9-5-10/h4-9H,1-3H3;1-5H,(H,9,10). The van der Waals surface area contributed by atoms with Crippen LogP contribution in [0, 0.1) is 4.91 Å². The molecule has 25 heavy (non-hydrogen) atoms. The van der Waals surface area contributed by atoms with Gasteiger partial charge in [0.05, 0.1) is 6.04 Å². The maximum absolute atomic E-state index is 10.4. The topological polar surface area (TPSA) is 61.8 Å². The molecule has 0 bridgehead atoms. The summed E-state index contributed by atoms with van der Waals surface area (Å²) in [7, 11) is 1.94. The molecule has 0 aromatic heterocycles. The van der Waals surface area contributed by atoms with Crippen LogP contribution < -0.4 is 10.2 Å². The number of nitrogens with one attached hydrogen (secondary N) is 1. The van der Waals surface area contributed by atoms with Crippen molar-refractivity contribution in [2.24, 2.45) is 5.18 Å². The Morgan fingerprint density at radius 1 is 1.00 bits per heavy atom. The van der Waals surface area contributed by atoms with Gasteiger partial charge in [0.1, 0.15) is 6.04 Å². The van der Waals surface area contributed by atoms with Gasteiger partial charge < -0.3 is 10.2 Å². The second-order valence-electron chi connectivity index (χ2n) is 5.44. The minimum absolute atomic E-state index is 0.0728. The lowest BCUT2D eigenvalue weighted by Crippen LogP contribution is -2.36. The van der Waals surface area contributed by atoms with E-state index in [1.807, 2.05) is 50.1 Å². The number of benzene rings is 2. The maximum Gasteiger partial charge on any atom is 0.211 e. The van der Waals surface area contributed by atoms with Crippen LogP contribution in [0.25, 0.3) is 0 Å². The lowest BCUT2D eigenvalue weighted by atomic mass is 10.1. The van der Waals surface area contributed by atoms with Crippen molar-refractivity contribution in [2.75, 3.05) is 17.3 Å². The van der Waals surface area contributed by atoms with Crippen LogP contribution in [-0.4, -0.2) is 25.5 Å². The monoisotopic (exact) mass is 381 g/mol. The third-order valence-corrected chi connectivity index (χ3v) is 4.28. The first kappa shape index (κ1) is 20.9. The van der Waals surface area contributed by atoms with E-state index in [0.717, 1.165) is 11.4 Å². The summed E-state index contributed by atoms with van der Waals surface area (Å²) in [5.41, 5.74) is 1.78. The zero-order valence-corrected chi connectivity index (χ0v) is 15.8. The van der Waals surface area contributed by atoms with Gasteiger partial charge in [0.25, 0.3) is 0 Å². The number of rotatable bonds is 6. The lowest BCUT2D eigenvalue weighted by molar-refractivity contribution is -0.105. The average Bonchev–Trinajstić information content (AvgIpc) is 2.63. The first-order chi connectivity index (χ1) is 11.9. The number of nitrogens with zero attached hydrogens (tertiary/aromatic N) is 2. The number of nitroso groups, excluding NO2 is 1. The molecule has 0 fully saturated rings. The van der Waals surface area contributed by atoms with Gasteiger partial charge in [0.15, 0.2) is 0 Å². The first-order valence-electron chi connectivity index (χ1n) is 7.65. The number of likely N-dealkylation sites (N-methyl/N-ethyl adjacent to an activating group) is 1. The zero-order chi connectivity index (χ0) is 18.8. The van der Waals surface area contributed by atoms with Gasteiger partial charge in [-0.25, -0.2) is 0 Å². The second-order valence-corrected chi connectivity index (χ2v) is 6.32. The maximum atomic E-state index is 10.4. The summed E-state index contributed by atoms with van der Waals surface area (Å²) in [6, 6.07) is 14.3. The van der Waals surface area contributed by atoms with Crippen LogP contribution in [0.3, 0.4) is 0 Å². The van der Waals surface area contributed by atoms with Crippen molar-refractivity contribution in [3.63, 3.8) is 0 Å². The smallest absolute Gasteiger partial charge is 0.211 e. The quantitative estimate of drug-likeness (QED) is 0.550. The third-order valence-electron chi connectivity index (χ3n) is 3.78. The van der Waals surface area contributed by atoms with Crippen molar-refractivity contribution in [1.82, 2.24) is 0 Å². The Hall–Kier alpha value is -2.11. The number of hydrogen-bond acceptors (Lipinski definition) is 4. The molecule has 0 aliphatic heterocycles. The highest BCUT2D eigenvalue weighted by atomic mass is 35.5. The number of halogens is 2. The number of carbonyl (C=O) groups is 1. The molecule has 0 aliphatic carbocycles. The third kappa shape index (κ3) is 7.11. The fourth-order valence-corrected chi connectivity index (χ4v) is 2.19. The molecule has 2 atom stereocenters. The predicted molar refractivity (Wildman–Crippen MR) is 106 cm³/mol. The molecular weight excluding hydrogens is 361 g/mol. The van der Waals surface area contributed by atoms with Gasteiger partial charge in [-0.05, 0) is 62.4 Å². The molecule has 2 aromatic carbocycles. The molecule has 7 heteroatoms. The van der Waals surface area contributed by atoms with Gasteiger partial charge in [0.2, 0.25) is 6.41 Å². The summed E-state index contributed by atoms with van der Waals surface area (Å²) in [4.78, 5) is 22.4. The van der Waals surface area contributed by atoms with Crippen molar-refractivity contribution in [1.29, 1.82) is 0 Å². The van der Waals surface area contributed by atoms with Gasteiger partial charge in [0, 0.05) is 28.5 Å². The fourth-order valence-electron chi connectivity index (χ4n) is 1.94. The van der Waals surface area contributed by atoms with Gasteiger partial charge in [-0.1, -0.05) is 28.4 Å². The first-order valence-corrected chi connectivity index (χ1v) is 8.41. The predicted octanol–water partition coefficient (Wildman–Crippen LogP) is 5.23. The van der Waals surface area contributed by atoms with E-state index in [0.29, 0.717) is 16.5 Å². The molecule has 0 heterocycles. The molecule has 0 saturated carbocycles. The Morgan fingerprint density at radius 2 is 1.48 bits per heavy atom. The SMILES string of the molecule is CC(N=O)C(C)N(C)c1ccc(Cl)cc1.O=CNc1ccc(Cl)cc1. The van der Waals surface area contributed by atoms with E-state index in [1.54, 1.807) is 24.3 Å². The Bertz CT molecular complexity index is 663. The van der Waals surface area contributed by atoms with E-state index in [9.17, 15) is 9.70 Å². The molecule has 1 amide bonds. The molecule has 5 nitrogen and oxygen atoms in total. The van der Waals surface area contributed by atoms with E-state index in [-0.39, 0.29) is 12.1 Å². The van der Waals surface area contributed by atoms with E-state index in [1.165, 1.54) is 0 Å². The van der Waals surface area contributed by atoms with Crippen LogP contribution in [0.2, 0.25) is 10.0 Å². The number of carbonyl (C=O) groups excluding carboxylic acids is 1. The number of anilines is 2. The second kappa shape index (κ2) is 10.7. The van der Waals surface area contributed by atoms with Crippen LogP contribution in [0.5, 0.6) is 0 Å². The minimum Gasteiger partial charge on any atom is -0.370 e. The molecule has 0 saturated heterocycles. The van der Waals surface area contributed by atoms with Crippen molar-refractivity contribution >= 4 is 41.0 Å². The molecule has 0 aliphatic rings. The van der Waals surface area contributed by atoms with Crippen LogP contribution >= 0.6 is 23.2 Å². The summed E-state index contributed by atoms with van der Waals surface area (Å²) in [5, 5.41) is 6.90. The van der Waals surface area contributed by atoms with Gasteiger partial charge in [-0.2, -0.15) is 4.91 Å². The van der Waals surface area contributed by atoms with E-state index < -0.39 is 0 Å². The van der Waals surface area contributed by atoms with Crippen molar-refractivity contribution in [3.8, 4) is 0 Å². The van der Waals surface area contributed by atoms with Gasteiger partial charge in [-0.15, -0.1) is 0 Å². The number of hydrogen-bond donors (Lipinski definition) is 1. The van der Waals surface area contributed by atoms with Crippen molar-refractivity contribution in [2.45, 2.75) is 25.9 Å². The molecular formula is C18H21Cl2N3O2. The van der Waals surface area contributed by atoms with Gasteiger partial charge in [-0.3, -0.25) is 4.79 Å². The molecule has 134 valence electrons. The largest absolute Gasteiger partial charge is 0.370 e. The summed E-state index contributed by atoms with van der Waals surface area (Å²) in [6.45, 7) is 3.78. The molecule has 0 spiro atoms. The molecule has 2 aromatic rings. The Kier molecular flexibility index (Phi) is 8.95. The summed E-state index contributed by atoms with van der Waals surface area (Å²) >= 11 is 11.4. The number of amides is 1. The highest BCUT2D eigenvalue weighted by Gasteiger charge is 2.17. The highest BCUT2D eigenvalue weighted by Crippen LogP contribution is 2.20. The van der Waals surface area contributed by atoms with Crippen molar-refractivity contribution < 1.29 is 4.79 Å². The molecule has 1 N–H and O–H groups in total. The summed E-state index contributed by atoms with van der Waals surface area (Å²) in [6.07, 6.45) is 0.628. The normalized spacial score (nSPS) is 12.2. The lowest BCUT2D eigenvalue weighted by Gasteiger charge is -2.28. The van der Waals surface area contributed by atoms with E-state index in [4.69, 9.17) is 23.2 Å². The fraction of sp³-hybridized carbons (Fsp3) is 0.278. The van der Waals surface area contributed by atoms with Gasteiger partial charge >= 0.3 is 0 Å². The average molecular weight is 382 g/mol. The van der Waals surface area contributed by atoms with Crippen LogP contribution in [-0.2, 0) is 4.79 Å². The summed E-state index contributed by atoms with van der Waals surface area (Å²) < 4.78 is 0. The van der Waals surface area contributed by atoms with Crippen LogP contribution in [0.4, 0.5) is 11.4 Å². The molecule has 2 unspecified atom stereocenters. The molecule has 0 radical (unpaired) electrons. The van der Waals surface area contributed by atoms with E-state index >= 15 is 0 Å². The Balaban J connectivity index is 0.000000271. The minimum atomic E-state index is -0.231. The van der Waals surface area contributed by atoms with E-state index in [2.05, 4.69) is 10.5 Å². The summed E-state index contributed by atoms with van der Waals surface area (Å²) in [5.74, 6) is 0. The van der Waals surface area contributed by atoms with Crippen molar-refractivity contribution in [3.05, 3.63) is 63.5 Å². The highest BCUT2D eigenvalue weighted by molar-refractivity contribution is 6.30. The Labute approximate surface area is 157 Å². The Morgan fingerprint density at radius 3 is 1.92 bits per heavy atom. The molecule has 2 rings (SSSR count).